The first kappa shape index (κ1) is 12.3. The van der Waals surface area contributed by atoms with Crippen molar-refractivity contribution in [3.8, 4) is 22.7 Å². The van der Waals surface area contributed by atoms with E-state index in [4.69, 9.17) is 4.74 Å². The third kappa shape index (κ3) is 2.38. The van der Waals surface area contributed by atoms with Gasteiger partial charge in [-0.2, -0.15) is 5.10 Å². The van der Waals surface area contributed by atoms with Crippen LogP contribution in [0.3, 0.4) is 0 Å². The van der Waals surface area contributed by atoms with E-state index in [1.54, 1.807) is 24.2 Å². The number of aryl methyl sites for hydroxylation is 1. The molecule has 0 bridgehead atoms. The second kappa shape index (κ2) is 5.13. The molecule has 0 spiro atoms. The zero-order valence-electron chi connectivity index (χ0n) is 11.3. The van der Waals surface area contributed by atoms with Crippen LogP contribution >= 0.6 is 0 Å². The number of ether oxygens (including phenoxy) is 1. The van der Waals surface area contributed by atoms with E-state index in [9.17, 15) is 0 Å². The molecule has 3 aromatic rings. The molecule has 0 radical (unpaired) electrons. The summed E-state index contributed by atoms with van der Waals surface area (Å²) in [6.07, 6.45) is 5.48. The highest BCUT2D eigenvalue weighted by Gasteiger charge is 2.05. The van der Waals surface area contributed by atoms with Crippen LogP contribution in [0.15, 0.2) is 48.9 Å². The Morgan fingerprint density at radius 3 is 2.90 bits per heavy atom. The Morgan fingerprint density at radius 1 is 1.20 bits per heavy atom. The number of rotatable bonds is 3. The lowest BCUT2D eigenvalue weighted by Crippen LogP contribution is -1.94. The van der Waals surface area contributed by atoms with Crippen molar-refractivity contribution >= 4 is 0 Å². The third-order valence-electron chi connectivity index (χ3n) is 2.97. The molecule has 0 aliphatic heterocycles. The minimum atomic E-state index is 0.747. The maximum absolute atomic E-state index is 5.22. The number of nitrogens with zero attached hydrogens (tertiary/aromatic N) is 4. The Balaban J connectivity index is 1.97. The van der Waals surface area contributed by atoms with E-state index in [2.05, 4.69) is 15.1 Å². The summed E-state index contributed by atoms with van der Waals surface area (Å²) in [7, 11) is 1.65. The summed E-state index contributed by atoms with van der Waals surface area (Å²) >= 11 is 0. The second-order valence-corrected chi connectivity index (χ2v) is 4.36. The molecule has 5 heteroatoms. The first-order chi connectivity index (χ1) is 9.76. The first-order valence-electron chi connectivity index (χ1n) is 6.25. The average Bonchev–Trinajstić information content (AvgIpc) is 2.97. The van der Waals surface area contributed by atoms with Gasteiger partial charge in [0, 0.05) is 24.0 Å². The fraction of sp³-hybridized carbons (Fsp3) is 0.133. The second-order valence-electron chi connectivity index (χ2n) is 4.36. The van der Waals surface area contributed by atoms with Gasteiger partial charge >= 0.3 is 0 Å². The van der Waals surface area contributed by atoms with Crippen LogP contribution in [0.5, 0.6) is 5.75 Å². The largest absolute Gasteiger partial charge is 0.497 e. The molecule has 0 amide bonds. The van der Waals surface area contributed by atoms with E-state index in [0.717, 1.165) is 28.5 Å². The Labute approximate surface area is 116 Å². The van der Waals surface area contributed by atoms with E-state index < -0.39 is 0 Å². The molecular weight excluding hydrogens is 252 g/mol. The van der Waals surface area contributed by atoms with Crippen LogP contribution in [0.1, 0.15) is 5.82 Å². The maximum atomic E-state index is 5.22. The Morgan fingerprint density at radius 2 is 2.10 bits per heavy atom. The van der Waals surface area contributed by atoms with Gasteiger partial charge in [0.05, 0.1) is 24.7 Å². The van der Waals surface area contributed by atoms with Gasteiger partial charge in [0.1, 0.15) is 11.6 Å². The molecule has 0 unspecified atom stereocenters. The van der Waals surface area contributed by atoms with Crippen molar-refractivity contribution in [2.24, 2.45) is 0 Å². The predicted octanol–water partition coefficient (Wildman–Crippen LogP) is 2.65. The van der Waals surface area contributed by atoms with Crippen LogP contribution < -0.4 is 4.74 Å². The molecule has 1 aromatic carbocycles. The van der Waals surface area contributed by atoms with Gasteiger partial charge in [-0.15, -0.1) is 0 Å². The topological polar surface area (TPSA) is 52.8 Å². The van der Waals surface area contributed by atoms with E-state index >= 15 is 0 Å². The van der Waals surface area contributed by atoms with Crippen molar-refractivity contribution in [3.05, 3.63) is 54.7 Å². The quantitative estimate of drug-likeness (QED) is 0.731. The van der Waals surface area contributed by atoms with Crippen molar-refractivity contribution in [1.29, 1.82) is 0 Å². The maximum Gasteiger partial charge on any atom is 0.125 e. The minimum absolute atomic E-state index is 0.747. The van der Waals surface area contributed by atoms with Crippen molar-refractivity contribution < 1.29 is 4.74 Å². The standard InChI is InChI=1S/C15H14N4O/c1-11-16-7-6-15(18-11)12-9-17-19(10-12)13-4-3-5-14(8-13)20-2/h3-10H,1-2H3. The predicted molar refractivity (Wildman–Crippen MR) is 75.9 cm³/mol. The molecule has 5 nitrogen and oxygen atoms in total. The van der Waals surface area contributed by atoms with Crippen LogP contribution in [0.25, 0.3) is 16.9 Å². The van der Waals surface area contributed by atoms with Crippen LogP contribution in [-0.2, 0) is 0 Å². The molecule has 0 aliphatic rings. The normalized spacial score (nSPS) is 10.5. The Bertz CT molecular complexity index is 736. The Hall–Kier alpha value is -2.69. The molecule has 0 atom stereocenters. The summed E-state index contributed by atoms with van der Waals surface area (Å²) in [5.41, 5.74) is 2.77. The highest BCUT2D eigenvalue weighted by Crippen LogP contribution is 2.20. The number of hydrogen-bond acceptors (Lipinski definition) is 4. The van der Waals surface area contributed by atoms with Gasteiger partial charge in [-0.05, 0) is 25.1 Å². The summed E-state index contributed by atoms with van der Waals surface area (Å²) in [4.78, 5) is 8.49. The zero-order chi connectivity index (χ0) is 13.9. The summed E-state index contributed by atoms with van der Waals surface area (Å²) in [5.74, 6) is 1.55. The minimum Gasteiger partial charge on any atom is -0.497 e. The van der Waals surface area contributed by atoms with E-state index in [-0.39, 0.29) is 0 Å². The van der Waals surface area contributed by atoms with Crippen LogP contribution in [-0.4, -0.2) is 26.9 Å². The average molecular weight is 266 g/mol. The number of aromatic nitrogens is 4. The molecule has 20 heavy (non-hydrogen) atoms. The molecule has 0 fully saturated rings. The van der Waals surface area contributed by atoms with Crippen molar-refractivity contribution in [1.82, 2.24) is 19.7 Å². The summed E-state index contributed by atoms with van der Waals surface area (Å²) in [6.45, 7) is 1.87. The molecule has 0 aliphatic carbocycles. The van der Waals surface area contributed by atoms with Crippen LogP contribution in [0, 0.1) is 6.92 Å². The summed E-state index contributed by atoms with van der Waals surface area (Å²) < 4.78 is 7.02. The molecule has 0 N–H and O–H groups in total. The monoisotopic (exact) mass is 266 g/mol. The third-order valence-corrected chi connectivity index (χ3v) is 2.97. The van der Waals surface area contributed by atoms with Gasteiger partial charge in [-0.25, -0.2) is 14.6 Å². The van der Waals surface area contributed by atoms with Gasteiger partial charge in [0.15, 0.2) is 0 Å². The SMILES string of the molecule is COc1cccc(-n2cc(-c3ccnc(C)n3)cn2)c1. The molecule has 2 aromatic heterocycles. The van der Waals surface area contributed by atoms with Gasteiger partial charge in [-0.3, -0.25) is 0 Å². The van der Waals surface area contributed by atoms with Crippen molar-refractivity contribution in [3.63, 3.8) is 0 Å². The number of benzene rings is 1. The molecular formula is C15H14N4O. The number of hydrogen-bond donors (Lipinski definition) is 0. The van der Waals surface area contributed by atoms with Gasteiger partial charge in [0.2, 0.25) is 0 Å². The van der Waals surface area contributed by atoms with Gasteiger partial charge in [-0.1, -0.05) is 6.07 Å². The molecule has 3 rings (SSSR count). The zero-order valence-corrected chi connectivity index (χ0v) is 11.3. The van der Waals surface area contributed by atoms with Crippen LogP contribution in [0.2, 0.25) is 0 Å². The van der Waals surface area contributed by atoms with E-state index in [1.165, 1.54) is 0 Å². The lowest BCUT2D eigenvalue weighted by Gasteiger charge is -2.04. The van der Waals surface area contributed by atoms with E-state index in [0.29, 0.717) is 0 Å². The summed E-state index contributed by atoms with van der Waals surface area (Å²) in [6, 6.07) is 9.62. The molecule has 2 heterocycles. The lowest BCUT2D eigenvalue weighted by atomic mass is 10.2. The van der Waals surface area contributed by atoms with Gasteiger partial charge < -0.3 is 4.74 Å². The highest BCUT2D eigenvalue weighted by atomic mass is 16.5. The number of methoxy groups -OCH3 is 1. The highest BCUT2D eigenvalue weighted by molar-refractivity contribution is 5.57. The smallest absolute Gasteiger partial charge is 0.125 e. The van der Waals surface area contributed by atoms with E-state index in [1.807, 2.05) is 43.5 Å². The summed E-state index contributed by atoms with van der Waals surface area (Å²) in [5, 5.41) is 4.37. The van der Waals surface area contributed by atoms with Crippen LogP contribution in [0.4, 0.5) is 0 Å². The first-order valence-corrected chi connectivity index (χ1v) is 6.25. The lowest BCUT2D eigenvalue weighted by molar-refractivity contribution is 0.414. The fourth-order valence-corrected chi connectivity index (χ4v) is 1.97. The molecule has 0 saturated heterocycles. The van der Waals surface area contributed by atoms with Gasteiger partial charge in [0.25, 0.3) is 0 Å². The fourth-order valence-electron chi connectivity index (χ4n) is 1.97. The van der Waals surface area contributed by atoms with Crippen molar-refractivity contribution in [2.45, 2.75) is 6.92 Å². The molecule has 0 saturated carbocycles. The Kier molecular flexibility index (Phi) is 3.16. The molecule has 100 valence electrons. The van der Waals surface area contributed by atoms with Crippen molar-refractivity contribution in [2.75, 3.05) is 7.11 Å².